The van der Waals surface area contributed by atoms with E-state index >= 15 is 0 Å². The van der Waals surface area contributed by atoms with Crippen molar-refractivity contribution in [3.63, 3.8) is 0 Å². The van der Waals surface area contributed by atoms with Crippen molar-refractivity contribution in [1.29, 1.82) is 0 Å². The number of carbonyl (C=O) groups excluding carboxylic acids is 1. The lowest BCUT2D eigenvalue weighted by atomic mass is 9.99. The number of hydrogen-bond acceptors (Lipinski definition) is 9. The molecular formula is C14H27NO9. The van der Waals surface area contributed by atoms with Crippen LogP contribution in [0.1, 0.15) is 13.8 Å². The molecule has 0 aromatic carbocycles. The second-order valence-electron chi connectivity index (χ2n) is 5.77. The normalized spacial score (nSPS) is 34.4. The first kappa shape index (κ1) is 21.2. The maximum absolute atomic E-state index is 11.3. The topological polar surface area (TPSA) is 158 Å². The Morgan fingerprint density at radius 3 is 2.38 bits per heavy atom. The molecule has 1 saturated heterocycles. The third-order valence-electron chi connectivity index (χ3n) is 3.94. The van der Waals surface area contributed by atoms with Crippen LogP contribution in [0.5, 0.6) is 0 Å². The van der Waals surface area contributed by atoms with Gasteiger partial charge in [0.15, 0.2) is 6.29 Å². The van der Waals surface area contributed by atoms with Gasteiger partial charge in [-0.3, -0.25) is 4.79 Å². The van der Waals surface area contributed by atoms with Gasteiger partial charge in [-0.15, -0.1) is 0 Å². The summed E-state index contributed by atoms with van der Waals surface area (Å²) in [5, 5.41) is 51.1. The number of ether oxygens (including phenoxy) is 3. The van der Waals surface area contributed by atoms with Gasteiger partial charge < -0.3 is 45.1 Å². The van der Waals surface area contributed by atoms with Crippen molar-refractivity contribution in [2.45, 2.75) is 62.8 Å². The molecule has 0 aromatic rings. The predicted molar refractivity (Wildman–Crippen MR) is 79.8 cm³/mol. The standard InChI is InChI=1S/C14H27NO9/c1-6(22-3)10(18)8(15-7(2)17)5-23-14-13(21)12(20)11(19)9(4-16)24-14/h6,8-14,16,18-21H,4-5H2,1-3H3,(H,15,17)/t6-,8+,9?,10-,11?,12?,13?,14?/m1/s1. The third kappa shape index (κ3) is 5.33. The van der Waals surface area contributed by atoms with Gasteiger partial charge in [0.05, 0.1) is 25.4 Å². The van der Waals surface area contributed by atoms with Crippen molar-refractivity contribution < 1.29 is 44.5 Å². The minimum absolute atomic E-state index is 0.253. The van der Waals surface area contributed by atoms with Crippen molar-refractivity contribution in [3.8, 4) is 0 Å². The number of amides is 1. The molecule has 1 fully saturated rings. The fraction of sp³-hybridized carbons (Fsp3) is 0.929. The fourth-order valence-corrected chi connectivity index (χ4v) is 2.36. The highest BCUT2D eigenvalue weighted by Gasteiger charge is 2.44. The van der Waals surface area contributed by atoms with Crippen molar-refractivity contribution >= 4 is 5.91 Å². The lowest BCUT2D eigenvalue weighted by Crippen LogP contribution is -2.60. The van der Waals surface area contributed by atoms with Crippen LogP contribution in [0.4, 0.5) is 0 Å². The maximum atomic E-state index is 11.3. The lowest BCUT2D eigenvalue weighted by molar-refractivity contribution is -0.303. The SMILES string of the molecule is CO[C@H](C)[C@@H](O)[C@H](COC1OC(CO)C(O)C(O)C1O)NC(C)=O. The van der Waals surface area contributed by atoms with E-state index in [1.807, 2.05) is 0 Å². The molecule has 10 nitrogen and oxygen atoms in total. The second kappa shape index (κ2) is 9.59. The number of methoxy groups -OCH3 is 1. The van der Waals surface area contributed by atoms with Crippen molar-refractivity contribution in [2.24, 2.45) is 0 Å². The third-order valence-corrected chi connectivity index (χ3v) is 3.94. The maximum Gasteiger partial charge on any atom is 0.217 e. The zero-order chi connectivity index (χ0) is 18.4. The van der Waals surface area contributed by atoms with Gasteiger partial charge in [0.2, 0.25) is 5.91 Å². The summed E-state index contributed by atoms with van der Waals surface area (Å²) in [6, 6.07) is -0.857. The summed E-state index contributed by atoms with van der Waals surface area (Å²) in [5.41, 5.74) is 0. The van der Waals surface area contributed by atoms with Crippen LogP contribution < -0.4 is 5.32 Å². The summed E-state index contributed by atoms with van der Waals surface area (Å²) in [5.74, 6) is -0.403. The zero-order valence-electron chi connectivity index (χ0n) is 13.9. The van der Waals surface area contributed by atoms with Crippen LogP contribution in [-0.4, -0.2) is 101 Å². The van der Waals surface area contributed by atoms with Gasteiger partial charge in [-0.1, -0.05) is 0 Å². The molecule has 1 amide bonds. The molecule has 0 aromatic heterocycles. The van der Waals surface area contributed by atoms with E-state index in [1.54, 1.807) is 6.92 Å². The molecule has 1 rings (SSSR count). The Morgan fingerprint density at radius 2 is 1.88 bits per heavy atom. The summed E-state index contributed by atoms with van der Waals surface area (Å²) in [6.45, 7) is 2.04. The first-order valence-electron chi connectivity index (χ1n) is 7.63. The molecule has 0 radical (unpaired) electrons. The predicted octanol–water partition coefficient (Wildman–Crippen LogP) is -3.30. The molecule has 5 unspecified atom stereocenters. The van der Waals surface area contributed by atoms with Gasteiger partial charge in [-0.05, 0) is 6.92 Å². The van der Waals surface area contributed by atoms with Gasteiger partial charge >= 0.3 is 0 Å². The molecule has 0 aliphatic carbocycles. The highest BCUT2D eigenvalue weighted by molar-refractivity contribution is 5.73. The van der Waals surface area contributed by atoms with Crippen LogP contribution in [0.15, 0.2) is 0 Å². The Bertz CT molecular complexity index is 394. The van der Waals surface area contributed by atoms with Crippen LogP contribution in [-0.2, 0) is 19.0 Å². The molecule has 1 aliphatic heterocycles. The molecule has 0 bridgehead atoms. The van der Waals surface area contributed by atoms with Gasteiger partial charge in [0.1, 0.15) is 30.5 Å². The van der Waals surface area contributed by atoms with Crippen molar-refractivity contribution in [1.82, 2.24) is 5.32 Å². The number of aliphatic hydroxyl groups is 5. The minimum Gasteiger partial charge on any atom is -0.394 e. The Morgan fingerprint density at radius 1 is 1.25 bits per heavy atom. The average Bonchev–Trinajstić information content (AvgIpc) is 2.56. The number of carbonyl (C=O) groups is 1. The van der Waals surface area contributed by atoms with Crippen LogP contribution >= 0.6 is 0 Å². The van der Waals surface area contributed by atoms with Crippen LogP contribution in [0.2, 0.25) is 0 Å². The first-order chi connectivity index (χ1) is 11.2. The molecule has 8 atom stereocenters. The van der Waals surface area contributed by atoms with Crippen LogP contribution in [0, 0.1) is 0 Å². The number of nitrogens with one attached hydrogen (secondary N) is 1. The van der Waals surface area contributed by atoms with Crippen LogP contribution in [0.3, 0.4) is 0 Å². The first-order valence-corrected chi connectivity index (χ1v) is 7.63. The smallest absolute Gasteiger partial charge is 0.217 e. The highest BCUT2D eigenvalue weighted by atomic mass is 16.7. The Hall–Kier alpha value is -0.850. The number of hydrogen-bond donors (Lipinski definition) is 6. The van der Waals surface area contributed by atoms with Gasteiger partial charge in [-0.25, -0.2) is 0 Å². The van der Waals surface area contributed by atoms with Gasteiger partial charge in [0.25, 0.3) is 0 Å². The Balaban J connectivity index is 2.72. The Kier molecular flexibility index (Phi) is 8.46. The molecule has 0 spiro atoms. The zero-order valence-corrected chi connectivity index (χ0v) is 13.9. The van der Waals surface area contributed by atoms with E-state index < -0.39 is 61.5 Å². The lowest BCUT2D eigenvalue weighted by Gasteiger charge is -2.40. The average molecular weight is 353 g/mol. The molecular weight excluding hydrogens is 326 g/mol. The summed E-state index contributed by atoms with van der Waals surface area (Å²) < 4.78 is 15.5. The van der Waals surface area contributed by atoms with E-state index in [1.165, 1.54) is 14.0 Å². The van der Waals surface area contributed by atoms with E-state index in [0.717, 1.165) is 0 Å². The molecule has 1 aliphatic rings. The van der Waals surface area contributed by atoms with E-state index in [9.17, 15) is 25.2 Å². The largest absolute Gasteiger partial charge is 0.394 e. The number of aliphatic hydroxyl groups excluding tert-OH is 5. The van der Waals surface area contributed by atoms with Gasteiger partial charge in [-0.2, -0.15) is 0 Å². The van der Waals surface area contributed by atoms with E-state index in [4.69, 9.17) is 19.3 Å². The summed E-state index contributed by atoms with van der Waals surface area (Å²) >= 11 is 0. The summed E-state index contributed by atoms with van der Waals surface area (Å²) in [6.07, 6.45) is -8.75. The molecule has 0 saturated carbocycles. The number of rotatable bonds is 8. The van der Waals surface area contributed by atoms with Crippen molar-refractivity contribution in [3.05, 3.63) is 0 Å². The molecule has 24 heavy (non-hydrogen) atoms. The molecule has 142 valence electrons. The van der Waals surface area contributed by atoms with Gasteiger partial charge in [0, 0.05) is 14.0 Å². The quantitative estimate of drug-likeness (QED) is 0.263. The highest BCUT2D eigenvalue weighted by Crippen LogP contribution is 2.22. The van der Waals surface area contributed by atoms with E-state index in [-0.39, 0.29) is 6.61 Å². The fourth-order valence-electron chi connectivity index (χ4n) is 2.36. The van der Waals surface area contributed by atoms with E-state index in [2.05, 4.69) is 5.32 Å². The molecule has 6 N–H and O–H groups in total. The summed E-state index contributed by atoms with van der Waals surface area (Å²) in [7, 11) is 1.40. The van der Waals surface area contributed by atoms with Crippen LogP contribution in [0.25, 0.3) is 0 Å². The second-order valence-corrected chi connectivity index (χ2v) is 5.77. The monoisotopic (exact) mass is 353 g/mol. The molecule has 1 heterocycles. The van der Waals surface area contributed by atoms with Crippen molar-refractivity contribution in [2.75, 3.05) is 20.3 Å². The Labute approximate surface area is 140 Å². The minimum atomic E-state index is -1.57. The summed E-state index contributed by atoms with van der Waals surface area (Å²) in [4.78, 5) is 11.3. The molecule has 10 heteroatoms. The van der Waals surface area contributed by atoms with E-state index in [0.29, 0.717) is 0 Å².